The van der Waals surface area contributed by atoms with E-state index in [1.54, 1.807) is 4.57 Å². The fourth-order valence-electron chi connectivity index (χ4n) is 2.11. The molecule has 1 rings (SSSR count). The Balaban J connectivity index is 2.50. The van der Waals surface area contributed by atoms with Gasteiger partial charge in [-0.05, 0) is 32.7 Å². The molecule has 0 aliphatic rings. The summed E-state index contributed by atoms with van der Waals surface area (Å²) in [6.07, 6.45) is 2.35. The second-order valence-electron chi connectivity index (χ2n) is 5.14. The first kappa shape index (κ1) is 17.8. The van der Waals surface area contributed by atoms with Crippen molar-refractivity contribution in [3.8, 4) is 0 Å². The lowest BCUT2D eigenvalue weighted by Gasteiger charge is -2.26. The molecule has 0 fully saturated rings. The summed E-state index contributed by atoms with van der Waals surface area (Å²) in [6.45, 7) is 7.15. The largest absolute Gasteiger partial charge is 0.368 e. The molecule has 120 valence electrons. The summed E-state index contributed by atoms with van der Waals surface area (Å²) in [5, 5.41) is 10.3. The van der Waals surface area contributed by atoms with E-state index in [9.17, 15) is 9.59 Å². The van der Waals surface area contributed by atoms with Gasteiger partial charge in [0, 0.05) is 12.3 Å². The van der Waals surface area contributed by atoms with Crippen LogP contribution in [-0.2, 0) is 11.3 Å². The van der Waals surface area contributed by atoms with Gasteiger partial charge in [-0.25, -0.2) is 9.89 Å². The van der Waals surface area contributed by atoms with E-state index in [1.807, 2.05) is 20.8 Å². The molecule has 1 atom stereocenters. The van der Waals surface area contributed by atoms with Crippen LogP contribution in [0.25, 0.3) is 0 Å². The molecule has 1 unspecified atom stereocenters. The zero-order chi connectivity index (χ0) is 15.9. The van der Waals surface area contributed by atoms with Crippen LogP contribution >= 0.6 is 11.8 Å². The van der Waals surface area contributed by atoms with Crippen molar-refractivity contribution in [3.05, 3.63) is 10.5 Å². The Morgan fingerprint density at radius 2 is 2.24 bits per heavy atom. The van der Waals surface area contributed by atoms with Crippen molar-refractivity contribution in [1.29, 1.82) is 0 Å². The first-order chi connectivity index (χ1) is 9.94. The van der Waals surface area contributed by atoms with E-state index in [2.05, 4.69) is 15.5 Å². The number of carbonyl (C=O) groups is 1. The Morgan fingerprint density at radius 1 is 1.52 bits per heavy atom. The van der Waals surface area contributed by atoms with Crippen molar-refractivity contribution >= 4 is 17.7 Å². The number of aromatic nitrogens is 3. The maximum Gasteiger partial charge on any atom is 0.343 e. The van der Waals surface area contributed by atoms with Crippen molar-refractivity contribution < 1.29 is 4.79 Å². The molecule has 1 heterocycles. The van der Waals surface area contributed by atoms with Crippen LogP contribution in [0, 0.1) is 0 Å². The molecule has 1 amide bonds. The molecule has 0 saturated heterocycles. The summed E-state index contributed by atoms with van der Waals surface area (Å²) in [5.41, 5.74) is 4.60. The van der Waals surface area contributed by atoms with Crippen molar-refractivity contribution in [2.45, 2.75) is 57.3 Å². The highest BCUT2D eigenvalue weighted by Crippen LogP contribution is 2.19. The predicted octanol–water partition coefficient (Wildman–Crippen LogP) is 0.707. The van der Waals surface area contributed by atoms with Gasteiger partial charge in [-0.2, -0.15) is 0 Å². The topological polar surface area (TPSA) is 106 Å². The van der Waals surface area contributed by atoms with Crippen LogP contribution in [0.4, 0.5) is 0 Å². The van der Waals surface area contributed by atoms with Crippen LogP contribution in [0.15, 0.2) is 9.95 Å². The minimum atomic E-state index is -0.677. The van der Waals surface area contributed by atoms with Crippen LogP contribution in [0.3, 0.4) is 0 Å². The number of nitrogens with two attached hydrogens (primary N) is 1. The summed E-state index contributed by atoms with van der Waals surface area (Å²) >= 11 is 1.52. The van der Waals surface area contributed by atoms with E-state index in [0.29, 0.717) is 24.7 Å². The number of hydrogen-bond acceptors (Lipinski definition) is 5. The van der Waals surface area contributed by atoms with Crippen LogP contribution in [0.2, 0.25) is 0 Å². The molecule has 1 aromatic rings. The van der Waals surface area contributed by atoms with Gasteiger partial charge in [-0.1, -0.05) is 25.6 Å². The number of primary amides is 1. The molecule has 0 aliphatic heterocycles. The third kappa shape index (κ3) is 4.89. The maximum atomic E-state index is 11.6. The molecule has 0 bridgehead atoms. The monoisotopic (exact) mass is 315 g/mol. The number of hydrogen-bond donors (Lipinski definition) is 3. The summed E-state index contributed by atoms with van der Waals surface area (Å²) in [7, 11) is 0. The smallest absolute Gasteiger partial charge is 0.343 e. The second-order valence-corrected chi connectivity index (χ2v) is 6.20. The van der Waals surface area contributed by atoms with Gasteiger partial charge in [0.05, 0.1) is 5.54 Å². The van der Waals surface area contributed by atoms with Gasteiger partial charge in [-0.15, -0.1) is 5.10 Å². The number of nitrogens with zero attached hydrogens (tertiary/aromatic N) is 2. The number of aromatic amines is 1. The molecule has 1 aromatic heterocycles. The Morgan fingerprint density at radius 3 is 2.81 bits per heavy atom. The molecule has 0 spiro atoms. The van der Waals surface area contributed by atoms with Gasteiger partial charge in [0.25, 0.3) is 0 Å². The highest BCUT2D eigenvalue weighted by molar-refractivity contribution is 7.99. The van der Waals surface area contributed by atoms with Gasteiger partial charge >= 0.3 is 5.69 Å². The van der Waals surface area contributed by atoms with E-state index >= 15 is 0 Å². The van der Waals surface area contributed by atoms with Gasteiger partial charge in [0.15, 0.2) is 5.16 Å². The Labute approximate surface area is 129 Å². The van der Waals surface area contributed by atoms with Gasteiger partial charge in [-0.3, -0.25) is 9.36 Å². The molecular weight excluding hydrogens is 290 g/mol. The van der Waals surface area contributed by atoms with Crippen LogP contribution < -0.4 is 16.7 Å². The number of rotatable bonds is 10. The third-order valence-corrected chi connectivity index (χ3v) is 4.40. The number of H-pyrrole nitrogens is 1. The molecule has 0 saturated carbocycles. The minimum absolute atomic E-state index is 0.172. The normalized spacial score (nSPS) is 14.0. The standard InChI is InChI=1S/C13H25N5O2S/c1-4-8-18-11(20)16-17-12(18)21-9-6-7-13(3,10(14)19)15-5-2/h15H,4-9H2,1-3H3,(H2,14,19)(H,16,20). The van der Waals surface area contributed by atoms with Gasteiger partial charge < -0.3 is 11.1 Å². The lowest BCUT2D eigenvalue weighted by molar-refractivity contribution is -0.124. The molecule has 0 radical (unpaired) electrons. The minimum Gasteiger partial charge on any atom is -0.368 e. The van der Waals surface area contributed by atoms with E-state index in [-0.39, 0.29) is 11.6 Å². The van der Waals surface area contributed by atoms with E-state index < -0.39 is 5.54 Å². The first-order valence-corrected chi connectivity index (χ1v) is 8.26. The molecule has 0 aromatic carbocycles. The Bertz CT molecular complexity index is 513. The SMILES string of the molecule is CCCn1c(SCCCC(C)(NCC)C(N)=O)n[nH]c1=O. The lowest BCUT2D eigenvalue weighted by atomic mass is 9.95. The lowest BCUT2D eigenvalue weighted by Crippen LogP contribution is -2.53. The molecule has 8 heteroatoms. The second kappa shape index (κ2) is 8.23. The van der Waals surface area contributed by atoms with Crippen LogP contribution in [0.5, 0.6) is 0 Å². The average molecular weight is 315 g/mol. The van der Waals surface area contributed by atoms with Crippen LogP contribution in [0.1, 0.15) is 40.0 Å². The predicted molar refractivity (Wildman–Crippen MR) is 84.4 cm³/mol. The van der Waals surface area contributed by atoms with Crippen molar-refractivity contribution in [3.63, 3.8) is 0 Å². The Hall–Kier alpha value is -1.28. The maximum absolute atomic E-state index is 11.6. The van der Waals surface area contributed by atoms with Crippen molar-refractivity contribution in [2.24, 2.45) is 5.73 Å². The van der Waals surface area contributed by atoms with Crippen LogP contribution in [-0.4, -0.2) is 38.5 Å². The summed E-state index contributed by atoms with van der Waals surface area (Å²) in [5.74, 6) is 0.444. The summed E-state index contributed by atoms with van der Waals surface area (Å²) in [4.78, 5) is 23.1. The molecule has 21 heavy (non-hydrogen) atoms. The first-order valence-electron chi connectivity index (χ1n) is 7.27. The van der Waals surface area contributed by atoms with E-state index in [0.717, 1.165) is 18.6 Å². The quantitative estimate of drug-likeness (QED) is 0.435. The highest BCUT2D eigenvalue weighted by atomic mass is 32.2. The molecule has 7 nitrogen and oxygen atoms in total. The number of nitrogens with one attached hydrogen (secondary N) is 2. The molecule has 4 N–H and O–H groups in total. The molecular formula is C13H25N5O2S. The molecule has 0 aliphatic carbocycles. The summed E-state index contributed by atoms with van der Waals surface area (Å²) < 4.78 is 1.64. The van der Waals surface area contributed by atoms with Crippen molar-refractivity contribution in [1.82, 2.24) is 20.1 Å². The third-order valence-electron chi connectivity index (χ3n) is 3.33. The number of thioether (sulfide) groups is 1. The summed E-state index contributed by atoms with van der Waals surface area (Å²) in [6, 6.07) is 0. The van der Waals surface area contributed by atoms with E-state index in [4.69, 9.17) is 5.73 Å². The average Bonchev–Trinajstić information content (AvgIpc) is 2.77. The fraction of sp³-hybridized carbons (Fsp3) is 0.769. The number of amides is 1. The highest BCUT2D eigenvalue weighted by Gasteiger charge is 2.29. The van der Waals surface area contributed by atoms with Gasteiger partial charge in [0.1, 0.15) is 0 Å². The number of carbonyl (C=O) groups excluding carboxylic acids is 1. The Kier molecular flexibility index (Phi) is 6.97. The zero-order valence-electron chi connectivity index (χ0n) is 12.9. The number of likely N-dealkylation sites (N-methyl/N-ethyl adjacent to an activating group) is 1. The van der Waals surface area contributed by atoms with Gasteiger partial charge in [0.2, 0.25) is 5.91 Å². The fourth-order valence-corrected chi connectivity index (χ4v) is 3.02. The zero-order valence-corrected chi connectivity index (χ0v) is 13.8. The van der Waals surface area contributed by atoms with Crippen molar-refractivity contribution in [2.75, 3.05) is 12.3 Å². The van der Waals surface area contributed by atoms with E-state index in [1.165, 1.54) is 11.8 Å².